The molecule has 162 valence electrons. The van der Waals surface area contributed by atoms with Crippen LogP contribution >= 0.6 is 11.6 Å². The molecule has 0 spiro atoms. The number of fused-ring (bicyclic) bond motifs is 2. The van der Waals surface area contributed by atoms with Gasteiger partial charge < -0.3 is 14.0 Å². The average molecular weight is 447 g/mol. The molecule has 6 nitrogen and oxygen atoms in total. The SMILES string of the molecule is Clc1cc2c(cc1CN1CCC(n3c(-c4ccccn4)nc4ccccc43)CC1)OCO2. The van der Waals surface area contributed by atoms with E-state index < -0.39 is 0 Å². The third-order valence-electron chi connectivity index (χ3n) is 6.35. The van der Waals surface area contributed by atoms with Crippen molar-refractivity contribution >= 4 is 22.6 Å². The van der Waals surface area contributed by atoms with Crippen LogP contribution in [0.15, 0.2) is 60.8 Å². The highest BCUT2D eigenvalue weighted by Crippen LogP contribution is 2.38. The minimum Gasteiger partial charge on any atom is -0.454 e. The van der Waals surface area contributed by atoms with Crippen LogP contribution in [0.5, 0.6) is 11.5 Å². The zero-order valence-electron chi connectivity index (χ0n) is 17.6. The Morgan fingerprint density at radius 2 is 1.75 bits per heavy atom. The van der Waals surface area contributed by atoms with Crippen LogP contribution in [0.1, 0.15) is 24.4 Å². The van der Waals surface area contributed by atoms with Crippen molar-refractivity contribution in [2.75, 3.05) is 19.9 Å². The van der Waals surface area contributed by atoms with Gasteiger partial charge in [-0.1, -0.05) is 29.8 Å². The molecule has 1 saturated heterocycles. The number of rotatable bonds is 4. The molecule has 6 rings (SSSR count). The third kappa shape index (κ3) is 3.49. The van der Waals surface area contributed by atoms with Crippen molar-refractivity contribution < 1.29 is 9.47 Å². The monoisotopic (exact) mass is 446 g/mol. The van der Waals surface area contributed by atoms with Gasteiger partial charge in [0.05, 0.1) is 11.0 Å². The number of hydrogen-bond acceptors (Lipinski definition) is 5. The van der Waals surface area contributed by atoms with Crippen LogP contribution < -0.4 is 9.47 Å². The molecule has 0 bridgehead atoms. The van der Waals surface area contributed by atoms with Crippen LogP contribution in [-0.2, 0) is 6.54 Å². The molecule has 7 heteroatoms. The summed E-state index contributed by atoms with van der Waals surface area (Å²) in [5.41, 5.74) is 4.18. The van der Waals surface area contributed by atoms with Crippen molar-refractivity contribution in [3.05, 3.63) is 71.4 Å². The van der Waals surface area contributed by atoms with E-state index in [1.807, 2.05) is 42.6 Å². The van der Waals surface area contributed by atoms with Gasteiger partial charge >= 0.3 is 0 Å². The smallest absolute Gasteiger partial charge is 0.231 e. The Morgan fingerprint density at radius 1 is 0.969 bits per heavy atom. The fraction of sp³-hybridized carbons (Fsp3) is 0.280. The minimum atomic E-state index is 0.262. The number of hydrogen-bond donors (Lipinski definition) is 0. The summed E-state index contributed by atoms with van der Waals surface area (Å²) >= 11 is 6.51. The lowest BCUT2D eigenvalue weighted by molar-refractivity contribution is 0.173. The van der Waals surface area contributed by atoms with Crippen LogP contribution in [0.2, 0.25) is 5.02 Å². The highest BCUT2D eigenvalue weighted by molar-refractivity contribution is 6.31. The number of likely N-dealkylation sites (tertiary alicyclic amines) is 1. The number of para-hydroxylation sites is 2. The third-order valence-corrected chi connectivity index (χ3v) is 6.70. The summed E-state index contributed by atoms with van der Waals surface area (Å²) in [6.45, 7) is 3.05. The van der Waals surface area contributed by atoms with Crippen LogP contribution in [0, 0.1) is 0 Å². The van der Waals surface area contributed by atoms with Crippen LogP contribution in [0.25, 0.3) is 22.6 Å². The molecule has 0 atom stereocenters. The van der Waals surface area contributed by atoms with Gasteiger partial charge in [-0.15, -0.1) is 0 Å². The Balaban J connectivity index is 1.24. The molecule has 0 radical (unpaired) electrons. The van der Waals surface area contributed by atoms with Gasteiger partial charge in [0.15, 0.2) is 17.3 Å². The molecule has 2 aromatic heterocycles. The number of nitrogens with zero attached hydrogens (tertiary/aromatic N) is 4. The van der Waals surface area contributed by atoms with Crippen LogP contribution in [-0.4, -0.2) is 39.3 Å². The summed E-state index contributed by atoms with van der Waals surface area (Å²) in [5.74, 6) is 2.46. The van der Waals surface area contributed by atoms with Crippen molar-refractivity contribution in [2.24, 2.45) is 0 Å². The zero-order chi connectivity index (χ0) is 21.5. The maximum absolute atomic E-state index is 6.51. The minimum absolute atomic E-state index is 0.262. The van der Waals surface area contributed by atoms with Crippen molar-refractivity contribution in [2.45, 2.75) is 25.4 Å². The maximum atomic E-state index is 6.51. The predicted octanol–water partition coefficient (Wildman–Crippen LogP) is 5.32. The van der Waals surface area contributed by atoms with Gasteiger partial charge in [0.25, 0.3) is 0 Å². The number of halogens is 1. The predicted molar refractivity (Wildman–Crippen MR) is 124 cm³/mol. The van der Waals surface area contributed by atoms with E-state index in [9.17, 15) is 0 Å². The Bertz CT molecular complexity index is 1270. The number of aromatic nitrogens is 3. The molecule has 2 aromatic carbocycles. The van der Waals surface area contributed by atoms with E-state index in [2.05, 4.69) is 32.7 Å². The summed E-state index contributed by atoms with van der Waals surface area (Å²) < 4.78 is 13.3. The number of imidazole rings is 1. The quantitative estimate of drug-likeness (QED) is 0.424. The normalized spacial score (nSPS) is 16.7. The Morgan fingerprint density at radius 3 is 2.56 bits per heavy atom. The molecule has 0 N–H and O–H groups in total. The molecule has 2 aliphatic rings. The van der Waals surface area contributed by atoms with E-state index in [4.69, 9.17) is 26.1 Å². The molecule has 4 heterocycles. The Labute approximate surface area is 191 Å². The van der Waals surface area contributed by atoms with Gasteiger partial charge in [0, 0.05) is 43.0 Å². The molecule has 1 fully saturated rings. The Kier molecular flexibility index (Phi) is 4.97. The molecule has 0 amide bonds. The van der Waals surface area contributed by atoms with Gasteiger partial charge in [-0.05, 0) is 48.7 Å². The van der Waals surface area contributed by atoms with Crippen molar-refractivity contribution in [1.29, 1.82) is 0 Å². The standard InChI is InChI=1S/C25H23ClN4O2/c26-19-14-24-23(31-16-32-24)13-17(19)15-29-11-8-18(9-12-29)30-22-7-2-1-5-20(22)28-25(30)21-6-3-4-10-27-21/h1-7,10,13-14,18H,8-9,11-12,15-16H2. The average Bonchev–Trinajstić information content (AvgIpc) is 3.44. The van der Waals surface area contributed by atoms with Gasteiger partial charge in [0.2, 0.25) is 6.79 Å². The first-order valence-corrected chi connectivity index (χ1v) is 11.3. The summed E-state index contributed by atoms with van der Waals surface area (Å²) in [6, 6.07) is 18.6. The van der Waals surface area contributed by atoms with E-state index in [1.165, 1.54) is 5.52 Å². The Hall–Kier alpha value is -3.09. The lowest BCUT2D eigenvalue weighted by Gasteiger charge is -2.33. The molecular formula is C25H23ClN4O2. The first-order valence-electron chi connectivity index (χ1n) is 10.9. The molecule has 4 aromatic rings. The van der Waals surface area contributed by atoms with Gasteiger partial charge in [0.1, 0.15) is 5.69 Å². The van der Waals surface area contributed by atoms with Crippen LogP contribution in [0.4, 0.5) is 0 Å². The maximum Gasteiger partial charge on any atom is 0.231 e. The topological polar surface area (TPSA) is 52.4 Å². The van der Waals surface area contributed by atoms with Crippen molar-refractivity contribution in [3.63, 3.8) is 0 Å². The highest BCUT2D eigenvalue weighted by Gasteiger charge is 2.26. The first kappa shape index (κ1) is 19.6. The molecule has 32 heavy (non-hydrogen) atoms. The second kappa shape index (κ2) is 8.11. The number of ether oxygens (including phenoxy) is 2. The second-order valence-corrected chi connectivity index (χ2v) is 8.72. The number of piperidine rings is 1. The summed E-state index contributed by atoms with van der Waals surface area (Å²) in [4.78, 5) is 12.0. The summed E-state index contributed by atoms with van der Waals surface area (Å²) in [5, 5.41) is 0.731. The van der Waals surface area contributed by atoms with Gasteiger partial charge in [-0.3, -0.25) is 9.88 Å². The van der Waals surface area contributed by atoms with E-state index >= 15 is 0 Å². The fourth-order valence-corrected chi connectivity index (χ4v) is 4.96. The van der Waals surface area contributed by atoms with Crippen LogP contribution in [0.3, 0.4) is 0 Å². The lowest BCUT2D eigenvalue weighted by Crippen LogP contribution is -2.34. The lowest BCUT2D eigenvalue weighted by atomic mass is 10.0. The van der Waals surface area contributed by atoms with E-state index in [-0.39, 0.29) is 6.79 Å². The molecule has 0 aliphatic carbocycles. The molecule has 0 unspecified atom stereocenters. The van der Waals surface area contributed by atoms with Gasteiger partial charge in [-0.2, -0.15) is 0 Å². The summed E-state index contributed by atoms with van der Waals surface area (Å²) in [6.07, 6.45) is 3.92. The fourth-order valence-electron chi connectivity index (χ4n) is 4.75. The first-order chi connectivity index (χ1) is 15.8. The van der Waals surface area contributed by atoms with E-state index in [0.29, 0.717) is 6.04 Å². The van der Waals surface area contributed by atoms with Crippen molar-refractivity contribution in [1.82, 2.24) is 19.4 Å². The summed E-state index contributed by atoms with van der Waals surface area (Å²) in [7, 11) is 0. The molecular weight excluding hydrogens is 424 g/mol. The van der Waals surface area contributed by atoms with Gasteiger partial charge in [-0.25, -0.2) is 4.98 Å². The number of pyridine rings is 1. The molecule has 2 aliphatic heterocycles. The van der Waals surface area contributed by atoms with E-state index in [1.54, 1.807) is 0 Å². The van der Waals surface area contributed by atoms with E-state index in [0.717, 1.165) is 71.6 Å². The van der Waals surface area contributed by atoms with Crippen molar-refractivity contribution in [3.8, 4) is 23.0 Å². The largest absolute Gasteiger partial charge is 0.454 e. The zero-order valence-corrected chi connectivity index (χ0v) is 18.3. The molecule has 0 saturated carbocycles. The number of benzene rings is 2. The second-order valence-electron chi connectivity index (χ2n) is 8.31. The highest BCUT2D eigenvalue weighted by atomic mass is 35.5.